The molecule has 2 N–H and O–H groups in total. The first-order chi connectivity index (χ1) is 8.61. The van der Waals surface area contributed by atoms with Crippen LogP contribution in [-0.2, 0) is 11.3 Å². The highest BCUT2D eigenvalue weighted by molar-refractivity contribution is 5.68. The van der Waals surface area contributed by atoms with Crippen LogP contribution in [0.15, 0.2) is 29.1 Å². The second kappa shape index (κ2) is 4.74. The number of hydrogen-bond donors (Lipinski definition) is 2. The molecule has 0 spiro atoms. The van der Waals surface area contributed by atoms with Crippen molar-refractivity contribution in [3.8, 4) is 17.1 Å². The molecule has 0 aliphatic heterocycles. The third kappa shape index (κ3) is 2.24. The maximum atomic E-state index is 11.5. The zero-order valence-corrected chi connectivity index (χ0v) is 9.58. The van der Waals surface area contributed by atoms with Gasteiger partial charge in [-0.15, -0.1) is 0 Å². The van der Waals surface area contributed by atoms with E-state index in [1.165, 1.54) is 7.11 Å². The molecule has 7 heteroatoms. The summed E-state index contributed by atoms with van der Waals surface area (Å²) in [6.07, 6.45) is 0. The van der Waals surface area contributed by atoms with E-state index in [1.807, 2.05) is 0 Å². The molecule has 94 valence electrons. The molecule has 7 nitrogen and oxygen atoms in total. The zero-order chi connectivity index (χ0) is 13.1. The molecule has 2 aromatic rings. The number of methoxy groups -OCH3 is 1. The Hall–Kier alpha value is -2.57. The Bertz CT molecular complexity index is 629. The van der Waals surface area contributed by atoms with Gasteiger partial charge in [-0.3, -0.25) is 9.36 Å². The Morgan fingerprint density at radius 1 is 1.56 bits per heavy atom. The summed E-state index contributed by atoms with van der Waals surface area (Å²) >= 11 is 0. The Morgan fingerprint density at radius 3 is 3.00 bits per heavy atom. The van der Waals surface area contributed by atoms with Crippen LogP contribution >= 0.6 is 0 Å². The van der Waals surface area contributed by atoms with E-state index in [2.05, 4.69) is 10.2 Å². The molecule has 0 bridgehead atoms. The van der Waals surface area contributed by atoms with Crippen molar-refractivity contribution in [2.24, 2.45) is 0 Å². The average molecular weight is 249 g/mol. The minimum Gasteiger partial charge on any atom is -0.497 e. The molecule has 0 radical (unpaired) electrons. The lowest BCUT2D eigenvalue weighted by atomic mass is 10.2. The fraction of sp³-hybridized carbons (Fsp3) is 0.182. The predicted molar refractivity (Wildman–Crippen MR) is 62.5 cm³/mol. The number of ether oxygens (including phenoxy) is 1. The van der Waals surface area contributed by atoms with Crippen molar-refractivity contribution in [1.29, 1.82) is 0 Å². The molecule has 1 aromatic heterocycles. The van der Waals surface area contributed by atoms with Crippen molar-refractivity contribution in [3.63, 3.8) is 0 Å². The average Bonchev–Trinajstić information content (AvgIpc) is 2.71. The van der Waals surface area contributed by atoms with Gasteiger partial charge < -0.3 is 9.84 Å². The summed E-state index contributed by atoms with van der Waals surface area (Å²) in [5.41, 5.74) is 0.0455. The van der Waals surface area contributed by atoms with E-state index in [4.69, 9.17) is 9.84 Å². The van der Waals surface area contributed by atoms with Crippen molar-refractivity contribution in [2.75, 3.05) is 7.11 Å². The molecule has 0 atom stereocenters. The number of nitrogens with one attached hydrogen (secondary N) is 1. The van der Waals surface area contributed by atoms with Crippen molar-refractivity contribution in [2.45, 2.75) is 6.54 Å². The van der Waals surface area contributed by atoms with Gasteiger partial charge in [0.15, 0.2) is 5.82 Å². The summed E-state index contributed by atoms with van der Waals surface area (Å²) < 4.78 is 6.12. The van der Waals surface area contributed by atoms with E-state index in [-0.39, 0.29) is 5.82 Å². The van der Waals surface area contributed by atoms with Crippen molar-refractivity contribution in [1.82, 2.24) is 14.8 Å². The number of H-pyrrole nitrogens is 1. The smallest absolute Gasteiger partial charge is 0.344 e. The molecule has 2 rings (SSSR count). The maximum absolute atomic E-state index is 11.5. The summed E-state index contributed by atoms with van der Waals surface area (Å²) in [7, 11) is 1.52. The lowest BCUT2D eigenvalue weighted by molar-refractivity contribution is -0.137. The van der Waals surface area contributed by atoms with Crippen LogP contribution < -0.4 is 10.4 Å². The predicted octanol–water partition coefficient (Wildman–Crippen LogP) is 0.332. The molecular formula is C11H11N3O4. The summed E-state index contributed by atoms with van der Waals surface area (Å²) in [6.45, 7) is -0.443. The van der Waals surface area contributed by atoms with Crippen LogP contribution in [0.1, 0.15) is 0 Å². The van der Waals surface area contributed by atoms with Gasteiger partial charge in [-0.05, 0) is 12.1 Å². The largest absolute Gasteiger partial charge is 0.497 e. The van der Waals surface area contributed by atoms with Gasteiger partial charge in [0, 0.05) is 5.56 Å². The van der Waals surface area contributed by atoms with Gasteiger partial charge in [0.1, 0.15) is 12.3 Å². The zero-order valence-electron chi connectivity index (χ0n) is 9.58. The van der Waals surface area contributed by atoms with Crippen molar-refractivity contribution < 1.29 is 14.6 Å². The minimum absolute atomic E-state index is 0.265. The SMILES string of the molecule is COc1cccc(-c2n[nH]c(=O)n2CC(=O)O)c1. The maximum Gasteiger partial charge on any atom is 0.344 e. The summed E-state index contributed by atoms with van der Waals surface area (Å²) in [5, 5.41) is 14.8. The lowest BCUT2D eigenvalue weighted by Gasteiger charge is -2.04. The summed E-state index contributed by atoms with van der Waals surface area (Å²) in [5.74, 6) is -0.242. The van der Waals surface area contributed by atoms with Gasteiger partial charge in [0.05, 0.1) is 7.11 Å². The van der Waals surface area contributed by atoms with Gasteiger partial charge in [-0.2, -0.15) is 5.10 Å². The molecule has 0 aliphatic rings. The summed E-state index contributed by atoms with van der Waals surface area (Å²) in [6, 6.07) is 6.87. The van der Waals surface area contributed by atoms with Crippen LogP contribution in [-0.4, -0.2) is 33.0 Å². The molecule has 0 aliphatic carbocycles. The Kier molecular flexibility index (Phi) is 3.13. The highest BCUT2D eigenvalue weighted by Gasteiger charge is 2.13. The minimum atomic E-state index is -1.11. The van der Waals surface area contributed by atoms with E-state index < -0.39 is 18.2 Å². The number of carboxylic acids is 1. The third-order valence-corrected chi connectivity index (χ3v) is 2.38. The quantitative estimate of drug-likeness (QED) is 0.813. The van der Waals surface area contributed by atoms with Crippen LogP contribution in [0.4, 0.5) is 0 Å². The van der Waals surface area contributed by atoms with Gasteiger partial charge in [-0.1, -0.05) is 12.1 Å². The number of aromatic amines is 1. The van der Waals surface area contributed by atoms with E-state index in [9.17, 15) is 9.59 Å². The number of carbonyl (C=O) groups is 1. The number of aliphatic carboxylic acids is 1. The molecule has 1 heterocycles. The number of aromatic nitrogens is 3. The number of benzene rings is 1. The highest BCUT2D eigenvalue weighted by atomic mass is 16.5. The molecule has 0 amide bonds. The Balaban J connectivity index is 2.50. The fourth-order valence-corrected chi connectivity index (χ4v) is 1.58. The topological polar surface area (TPSA) is 97.2 Å². The van der Waals surface area contributed by atoms with Crippen LogP contribution in [0, 0.1) is 0 Å². The van der Waals surface area contributed by atoms with E-state index >= 15 is 0 Å². The van der Waals surface area contributed by atoms with E-state index in [1.54, 1.807) is 24.3 Å². The molecule has 1 aromatic carbocycles. The van der Waals surface area contributed by atoms with Crippen LogP contribution in [0.2, 0.25) is 0 Å². The number of carboxylic acid groups (broad SMARTS) is 1. The van der Waals surface area contributed by atoms with Gasteiger partial charge in [-0.25, -0.2) is 9.89 Å². The molecule has 0 saturated carbocycles. The lowest BCUT2D eigenvalue weighted by Crippen LogP contribution is -2.22. The Labute approximate surface area is 102 Å². The fourth-order valence-electron chi connectivity index (χ4n) is 1.58. The van der Waals surface area contributed by atoms with Crippen LogP contribution in [0.3, 0.4) is 0 Å². The van der Waals surface area contributed by atoms with Crippen molar-refractivity contribution >= 4 is 5.97 Å². The van der Waals surface area contributed by atoms with Crippen molar-refractivity contribution in [3.05, 3.63) is 34.7 Å². The number of nitrogens with zero attached hydrogens (tertiary/aromatic N) is 2. The molecule has 0 unspecified atom stereocenters. The standard InChI is InChI=1S/C11H11N3O4/c1-18-8-4-2-3-7(5-8)10-12-13-11(17)14(10)6-9(15)16/h2-5H,6H2,1H3,(H,13,17)(H,15,16). The normalized spacial score (nSPS) is 10.3. The van der Waals surface area contributed by atoms with Gasteiger partial charge in [0.2, 0.25) is 0 Å². The van der Waals surface area contributed by atoms with Gasteiger partial charge in [0.25, 0.3) is 0 Å². The molecule has 18 heavy (non-hydrogen) atoms. The van der Waals surface area contributed by atoms with Crippen LogP contribution in [0.25, 0.3) is 11.4 Å². The van der Waals surface area contributed by atoms with Gasteiger partial charge >= 0.3 is 11.7 Å². The number of rotatable bonds is 4. The van der Waals surface area contributed by atoms with E-state index in [0.29, 0.717) is 11.3 Å². The second-order valence-electron chi connectivity index (χ2n) is 3.56. The number of hydrogen-bond acceptors (Lipinski definition) is 4. The first-order valence-electron chi connectivity index (χ1n) is 5.13. The Morgan fingerprint density at radius 2 is 2.33 bits per heavy atom. The monoisotopic (exact) mass is 249 g/mol. The summed E-state index contributed by atoms with van der Waals surface area (Å²) in [4.78, 5) is 22.2. The molecule has 0 fully saturated rings. The molecule has 0 saturated heterocycles. The van der Waals surface area contributed by atoms with E-state index in [0.717, 1.165) is 4.57 Å². The second-order valence-corrected chi connectivity index (χ2v) is 3.56. The third-order valence-electron chi connectivity index (χ3n) is 2.38. The van der Waals surface area contributed by atoms with Crippen LogP contribution in [0.5, 0.6) is 5.75 Å². The first kappa shape index (κ1) is 11.9. The molecular weight excluding hydrogens is 238 g/mol. The first-order valence-corrected chi connectivity index (χ1v) is 5.13. The highest BCUT2D eigenvalue weighted by Crippen LogP contribution is 2.20.